The Labute approximate surface area is 103 Å². The molecule has 98 valence electrons. The highest BCUT2D eigenvalue weighted by atomic mass is 16.3. The molecular formula is C13H23NO3. The van der Waals surface area contributed by atoms with Gasteiger partial charge in [0.2, 0.25) is 5.91 Å². The lowest BCUT2D eigenvalue weighted by Gasteiger charge is -2.24. The summed E-state index contributed by atoms with van der Waals surface area (Å²) in [7, 11) is 0. The van der Waals surface area contributed by atoms with E-state index in [1.165, 1.54) is 19.3 Å². The quantitative estimate of drug-likeness (QED) is 0.717. The van der Waals surface area contributed by atoms with Crippen molar-refractivity contribution >= 4 is 5.91 Å². The van der Waals surface area contributed by atoms with Gasteiger partial charge in [-0.3, -0.25) is 4.79 Å². The fraction of sp³-hybridized carbons (Fsp3) is 0.923. The first-order valence-corrected chi connectivity index (χ1v) is 6.83. The van der Waals surface area contributed by atoms with Gasteiger partial charge in [-0.1, -0.05) is 32.1 Å². The van der Waals surface area contributed by atoms with Gasteiger partial charge in [0.1, 0.15) is 0 Å². The van der Waals surface area contributed by atoms with Crippen molar-refractivity contribution < 1.29 is 15.0 Å². The van der Waals surface area contributed by atoms with Crippen LogP contribution in [0.3, 0.4) is 0 Å². The molecule has 0 bridgehead atoms. The largest absolute Gasteiger partial charge is 0.388 e. The fourth-order valence-electron chi connectivity index (χ4n) is 2.91. The molecule has 0 aromatic heterocycles. The van der Waals surface area contributed by atoms with Gasteiger partial charge >= 0.3 is 0 Å². The van der Waals surface area contributed by atoms with Crippen molar-refractivity contribution in [1.29, 1.82) is 0 Å². The number of amides is 1. The summed E-state index contributed by atoms with van der Waals surface area (Å²) >= 11 is 0. The first-order chi connectivity index (χ1) is 8.18. The zero-order valence-corrected chi connectivity index (χ0v) is 10.3. The lowest BCUT2D eigenvalue weighted by molar-refractivity contribution is -0.135. The maximum Gasteiger partial charge on any atom is 0.225 e. The lowest BCUT2D eigenvalue weighted by Crippen LogP contribution is -2.35. The summed E-state index contributed by atoms with van der Waals surface area (Å²) in [5.41, 5.74) is 0. The molecule has 0 spiro atoms. The summed E-state index contributed by atoms with van der Waals surface area (Å²) in [6, 6.07) is 0. The van der Waals surface area contributed by atoms with Gasteiger partial charge in [-0.2, -0.15) is 0 Å². The minimum Gasteiger partial charge on any atom is -0.388 e. The number of hydrogen-bond donors (Lipinski definition) is 2. The molecule has 2 atom stereocenters. The molecule has 0 radical (unpaired) electrons. The van der Waals surface area contributed by atoms with Gasteiger partial charge < -0.3 is 15.1 Å². The van der Waals surface area contributed by atoms with Crippen molar-refractivity contribution in [1.82, 2.24) is 4.90 Å². The monoisotopic (exact) mass is 241 g/mol. The number of β-amino-alcohol motifs (C(OH)–C–C–N with tert-alkyl or cyclic N) is 2. The van der Waals surface area contributed by atoms with Gasteiger partial charge in [0.25, 0.3) is 0 Å². The smallest absolute Gasteiger partial charge is 0.225 e. The van der Waals surface area contributed by atoms with E-state index in [1.807, 2.05) is 0 Å². The van der Waals surface area contributed by atoms with E-state index in [9.17, 15) is 15.0 Å². The maximum absolute atomic E-state index is 12.3. The standard InChI is InChI=1S/C13H23NO3/c15-11-8-14(9-12(11)16)13(17)10-6-4-2-1-3-5-7-10/h10-12,15-16H,1-9H2/t11-,12+. The van der Waals surface area contributed by atoms with E-state index < -0.39 is 12.2 Å². The third-order valence-corrected chi connectivity index (χ3v) is 4.03. The SMILES string of the molecule is O=C(C1CCCCCCC1)N1C[C@@H](O)[C@@H](O)C1. The van der Waals surface area contributed by atoms with Crippen molar-refractivity contribution in [2.45, 2.75) is 57.2 Å². The number of carbonyl (C=O) groups is 1. The van der Waals surface area contributed by atoms with Crippen LogP contribution in [0.2, 0.25) is 0 Å². The van der Waals surface area contributed by atoms with Crippen LogP contribution in [0.5, 0.6) is 0 Å². The van der Waals surface area contributed by atoms with E-state index in [0.717, 1.165) is 25.7 Å². The fourth-order valence-corrected chi connectivity index (χ4v) is 2.91. The highest BCUT2D eigenvalue weighted by Gasteiger charge is 2.35. The van der Waals surface area contributed by atoms with E-state index in [1.54, 1.807) is 4.90 Å². The molecular weight excluding hydrogens is 218 g/mol. The van der Waals surface area contributed by atoms with Gasteiger partial charge in [0.05, 0.1) is 12.2 Å². The molecule has 0 aromatic rings. The molecule has 1 saturated heterocycles. The van der Waals surface area contributed by atoms with Crippen molar-refractivity contribution in [3.8, 4) is 0 Å². The highest BCUT2D eigenvalue weighted by molar-refractivity contribution is 5.79. The maximum atomic E-state index is 12.3. The van der Waals surface area contributed by atoms with E-state index in [0.29, 0.717) is 13.1 Å². The third kappa shape index (κ3) is 3.19. The van der Waals surface area contributed by atoms with Crippen LogP contribution >= 0.6 is 0 Å². The van der Waals surface area contributed by atoms with Crippen molar-refractivity contribution in [2.75, 3.05) is 13.1 Å². The van der Waals surface area contributed by atoms with Crippen molar-refractivity contribution in [2.24, 2.45) is 5.92 Å². The number of carbonyl (C=O) groups excluding carboxylic acids is 1. The predicted octanol–water partition coefficient (Wildman–Crippen LogP) is 0.911. The van der Waals surface area contributed by atoms with Gasteiger partial charge in [-0.05, 0) is 12.8 Å². The van der Waals surface area contributed by atoms with E-state index in [2.05, 4.69) is 0 Å². The summed E-state index contributed by atoms with van der Waals surface area (Å²) in [4.78, 5) is 13.9. The molecule has 2 aliphatic rings. The number of rotatable bonds is 1. The molecule has 17 heavy (non-hydrogen) atoms. The summed E-state index contributed by atoms with van der Waals surface area (Å²) in [5, 5.41) is 18.9. The van der Waals surface area contributed by atoms with E-state index in [4.69, 9.17) is 0 Å². The minimum atomic E-state index is -0.757. The zero-order chi connectivity index (χ0) is 12.3. The third-order valence-electron chi connectivity index (χ3n) is 4.03. The highest BCUT2D eigenvalue weighted by Crippen LogP contribution is 2.25. The second-order valence-electron chi connectivity index (χ2n) is 5.42. The average Bonchev–Trinajstić information content (AvgIpc) is 2.58. The molecule has 1 amide bonds. The second kappa shape index (κ2) is 5.83. The Hall–Kier alpha value is -0.610. The van der Waals surface area contributed by atoms with Crippen LogP contribution in [0.25, 0.3) is 0 Å². The van der Waals surface area contributed by atoms with Crippen molar-refractivity contribution in [3.05, 3.63) is 0 Å². The first kappa shape index (κ1) is 12.8. The molecule has 1 aliphatic heterocycles. The Balaban J connectivity index is 1.89. The molecule has 1 aliphatic carbocycles. The second-order valence-corrected chi connectivity index (χ2v) is 5.42. The van der Waals surface area contributed by atoms with Crippen LogP contribution in [0.15, 0.2) is 0 Å². The summed E-state index contributed by atoms with van der Waals surface area (Å²) < 4.78 is 0. The van der Waals surface area contributed by atoms with Gasteiger partial charge in [0, 0.05) is 19.0 Å². The summed E-state index contributed by atoms with van der Waals surface area (Å²) in [6.45, 7) is 0.604. The first-order valence-electron chi connectivity index (χ1n) is 6.83. The molecule has 1 heterocycles. The Bertz CT molecular complexity index is 251. The topological polar surface area (TPSA) is 60.8 Å². The predicted molar refractivity (Wildman–Crippen MR) is 64.4 cm³/mol. The molecule has 2 rings (SSSR count). The van der Waals surface area contributed by atoms with Crippen LogP contribution in [-0.4, -0.2) is 46.3 Å². The molecule has 0 unspecified atom stereocenters. The Morgan fingerprint density at radius 3 is 1.88 bits per heavy atom. The number of aliphatic hydroxyl groups excluding tert-OH is 2. The van der Waals surface area contributed by atoms with Gasteiger partial charge in [-0.15, -0.1) is 0 Å². The molecule has 2 N–H and O–H groups in total. The van der Waals surface area contributed by atoms with Crippen LogP contribution in [0.1, 0.15) is 44.9 Å². The number of hydrogen-bond acceptors (Lipinski definition) is 3. The zero-order valence-electron chi connectivity index (χ0n) is 10.3. The number of likely N-dealkylation sites (tertiary alicyclic amines) is 1. The van der Waals surface area contributed by atoms with E-state index >= 15 is 0 Å². The normalized spacial score (nSPS) is 32.2. The Morgan fingerprint density at radius 2 is 1.35 bits per heavy atom. The van der Waals surface area contributed by atoms with Crippen LogP contribution in [0.4, 0.5) is 0 Å². The summed E-state index contributed by atoms with van der Waals surface area (Å²) in [6.07, 6.45) is 6.46. The summed E-state index contributed by atoms with van der Waals surface area (Å²) in [5.74, 6) is 0.260. The van der Waals surface area contributed by atoms with E-state index in [-0.39, 0.29) is 11.8 Å². The minimum absolute atomic E-state index is 0.118. The van der Waals surface area contributed by atoms with Crippen molar-refractivity contribution in [3.63, 3.8) is 0 Å². The Kier molecular flexibility index (Phi) is 4.40. The van der Waals surface area contributed by atoms with Gasteiger partial charge in [0.15, 0.2) is 0 Å². The number of aliphatic hydroxyl groups is 2. The molecule has 4 nitrogen and oxygen atoms in total. The molecule has 0 aromatic carbocycles. The van der Waals surface area contributed by atoms with Crippen LogP contribution < -0.4 is 0 Å². The average molecular weight is 241 g/mol. The molecule has 2 fully saturated rings. The Morgan fingerprint density at radius 1 is 0.882 bits per heavy atom. The molecule has 4 heteroatoms. The number of nitrogens with zero attached hydrogens (tertiary/aromatic N) is 1. The van der Waals surface area contributed by atoms with Crippen LogP contribution in [0, 0.1) is 5.92 Å². The lowest BCUT2D eigenvalue weighted by atomic mass is 9.90. The van der Waals surface area contributed by atoms with Gasteiger partial charge in [-0.25, -0.2) is 0 Å². The molecule has 1 saturated carbocycles. The van der Waals surface area contributed by atoms with Crippen LogP contribution in [-0.2, 0) is 4.79 Å².